The summed E-state index contributed by atoms with van der Waals surface area (Å²) >= 11 is 6.32. The molecule has 0 N–H and O–H groups in total. The van der Waals surface area contributed by atoms with Crippen LogP contribution in [0, 0.1) is 6.92 Å². The molecule has 0 saturated heterocycles. The molecule has 0 radical (unpaired) electrons. The average Bonchev–Trinajstić information content (AvgIpc) is 2.78. The monoisotopic (exact) mass is 472 g/mol. The smallest absolute Gasteiger partial charge is 0.264 e. The number of ether oxygens (including phenoxy) is 1. The Kier molecular flexibility index (Phi) is 7.43. The van der Waals surface area contributed by atoms with Gasteiger partial charge in [0, 0.05) is 19.2 Å². The standard InChI is InChI=1S/C24H25ClN2O4S/c1-18-12-14-20(15-13-18)32(29,30)27(22-10-6-5-9-21(22)25)17-24(28)26(2)16-19-8-4-7-11-23(19)31-3/h4-15H,16-17H2,1-3H3. The Morgan fingerprint density at radius 2 is 1.59 bits per heavy atom. The van der Waals surface area contributed by atoms with Crippen LogP contribution in [0.3, 0.4) is 0 Å². The summed E-state index contributed by atoms with van der Waals surface area (Å²) in [6, 6.07) is 20.4. The molecule has 0 aliphatic rings. The number of halogens is 1. The molecule has 0 saturated carbocycles. The summed E-state index contributed by atoms with van der Waals surface area (Å²) in [6.45, 7) is 1.74. The Morgan fingerprint density at radius 1 is 0.969 bits per heavy atom. The quantitative estimate of drug-likeness (QED) is 0.483. The van der Waals surface area contributed by atoms with Gasteiger partial charge in [0.05, 0.1) is 22.7 Å². The van der Waals surface area contributed by atoms with E-state index < -0.39 is 16.6 Å². The molecular formula is C24H25ClN2O4S. The third-order valence-corrected chi connectivity index (χ3v) is 7.13. The molecule has 3 aromatic rings. The first kappa shape index (κ1) is 23.6. The van der Waals surface area contributed by atoms with Crippen LogP contribution in [0.15, 0.2) is 77.7 Å². The maximum absolute atomic E-state index is 13.5. The number of hydrogen-bond donors (Lipinski definition) is 0. The zero-order valence-corrected chi connectivity index (χ0v) is 19.7. The summed E-state index contributed by atoms with van der Waals surface area (Å²) in [4.78, 5) is 14.7. The van der Waals surface area contributed by atoms with Crippen LogP contribution < -0.4 is 9.04 Å². The molecule has 0 atom stereocenters. The van der Waals surface area contributed by atoms with Crippen molar-refractivity contribution in [2.75, 3.05) is 25.0 Å². The molecule has 0 fully saturated rings. The van der Waals surface area contributed by atoms with Gasteiger partial charge in [-0.25, -0.2) is 8.42 Å². The zero-order valence-electron chi connectivity index (χ0n) is 18.2. The van der Waals surface area contributed by atoms with Gasteiger partial charge in [0.2, 0.25) is 5.91 Å². The average molecular weight is 473 g/mol. The lowest BCUT2D eigenvalue weighted by Gasteiger charge is -2.27. The van der Waals surface area contributed by atoms with Gasteiger partial charge in [-0.05, 0) is 37.3 Å². The number of methoxy groups -OCH3 is 1. The number of aryl methyl sites for hydroxylation is 1. The van der Waals surface area contributed by atoms with Gasteiger partial charge >= 0.3 is 0 Å². The Bertz CT molecular complexity index is 1200. The summed E-state index contributed by atoms with van der Waals surface area (Å²) in [5.41, 5.74) is 1.99. The van der Waals surface area contributed by atoms with Crippen molar-refractivity contribution < 1.29 is 17.9 Å². The number of carbonyl (C=O) groups is 1. The van der Waals surface area contributed by atoms with E-state index in [2.05, 4.69) is 0 Å². The van der Waals surface area contributed by atoms with E-state index in [0.29, 0.717) is 5.75 Å². The van der Waals surface area contributed by atoms with E-state index in [9.17, 15) is 13.2 Å². The number of anilines is 1. The Morgan fingerprint density at radius 3 is 2.25 bits per heavy atom. The highest BCUT2D eigenvalue weighted by atomic mass is 35.5. The number of rotatable bonds is 8. The number of carbonyl (C=O) groups excluding carboxylic acids is 1. The SMILES string of the molecule is COc1ccccc1CN(C)C(=O)CN(c1ccccc1Cl)S(=O)(=O)c1ccc(C)cc1. The van der Waals surface area contributed by atoms with E-state index >= 15 is 0 Å². The number of likely N-dealkylation sites (N-methyl/N-ethyl adjacent to an activating group) is 1. The van der Waals surface area contributed by atoms with Crippen molar-refractivity contribution in [3.63, 3.8) is 0 Å². The Labute approximate surface area is 194 Å². The van der Waals surface area contributed by atoms with Crippen LogP contribution in [0.1, 0.15) is 11.1 Å². The van der Waals surface area contributed by atoms with Crippen LogP contribution in [-0.2, 0) is 21.4 Å². The number of benzene rings is 3. The summed E-state index contributed by atoms with van der Waals surface area (Å²) in [7, 11) is -0.844. The number of nitrogens with zero attached hydrogens (tertiary/aromatic N) is 2. The van der Waals surface area contributed by atoms with Gasteiger partial charge in [-0.15, -0.1) is 0 Å². The van der Waals surface area contributed by atoms with Crippen molar-refractivity contribution in [3.05, 3.63) is 88.9 Å². The van der Waals surface area contributed by atoms with Crippen LogP contribution >= 0.6 is 11.6 Å². The molecule has 1 amide bonds. The molecule has 0 aliphatic carbocycles. The van der Waals surface area contributed by atoms with Gasteiger partial charge in [-0.3, -0.25) is 9.10 Å². The normalized spacial score (nSPS) is 11.1. The second-order valence-corrected chi connectivity index (χ2v) is 9.61. The lowest BCUT2D eigenvalue weighted by Crippen LogP contribution is -2.41. The fourth-order valence-corrected chi connectivity index (χ4v) is 4.93. The predicted molar refractivity (Wildman–Crippen MR) is 127 cm³/mol. The first-order chi connectivity index (χ1) is 15.2. The minimum Gasteiger partial charge on any atom is -0.496 e. The van der Waals surface area contributed by atoms with Gasteiger partial charge < -0.3 is 9.64 Å². The van der Waals surface area contributed by atoms with Gasteiger partial charge in [0.25, 0.3) is 10.0 Å². The molecule has 0 aromatic heterocycles. The van der Waals surface area contributed by atoms with Gasteiger partial charge in [-0.2, -0.15) is 0 Å². The van der Waals surface area contributed by atoms with Crippen LogP contribution in [-0.4, -0.2) is 39.9 Å². The second-order valence-electron chi connectivity index (χ2n) is 7.34. The van der Waals surface area contributed by atoms with E-state index in [1.807, 2.05) is 31.2 Å². The topological polar surface area (TPSA) is 66.9 Å². The zero-order chi connectivity index (χ0) is 23.3. The minimum atomic E-state index is -4.03. The van der Waals surface area contributed by atoms with E-state index in [0.717, 1.165) is 15.4 Å². The molecule has 3 rings (SSSR count). The van der Waals surface area contributed by atoms with Crippen LogP contribution in [0.25, 0.3) is 0 Å². The van der Waals surface area contributed by atoms with Gasteiger partial charge in [0.1, 0.15) is 12.3 Å². The van der Waals surface area contributed by atoms with Crippen LogP contribution in [0.5, 0.6) is 5.75 Å². The number of para-hydroxylation sites is 2. The first-order valence-electron chi connectivity index (χ1n) is 9.94. The lowest BCUT2D eigenvalue weighted by atomic mass is 10.2. The Balaban J connectivity index is 1.93. The van der Waals surface area contributed by atoms with E-state index in [1.165, 1.54) is 17.0 Å². The fraction of sp³-hybridized carbons (Fsp3) is 0.208. The summed E-state index contributed by atoms with van der Waals surface area (Å²) in [5, 5.41) is 0.239. The Hall–Kier alpha value is -3.03. The molecule has 0 aliphatic heterocycles. The number of amides is 1. The van der Waals surface area contributed by atoms with E-state index in [-0.39, 0.29) is 28.1 Å². The van der Waals surface area contributed by atoms with Crippen LogP contribution in [0.4, 0.5) is 5.69 Å². The maximum atomic E-state index is 13.5. The summed E-state index contributed by atoms with van der Waals surface area (Å²) in [5.74, 6) is 0.272. The minimum absolute atomic E-state index is 0.0863. The molecule has 6 nitrogen and oxygen atoms in total. The molecule has 3 aromatic carbocycles. The second kappa shape index (κ2) is 10.1. The van der Waals surface area contributed by atoms with Gasteiger partial charge in [-0.1, -0.05) is 59.6 Å². The fourth-order valence-electron chi connectivity index (χ4n) is 3.21. The molecule has 0 unspecified atom stereocenters. The van der Waals surface area contributed by atoms with Crippen molar-refractivity contribution in [1.29, 1.82) is 0 Å². The maximum Gasteiger partial charge on any atom is 0.264 e. The molecule has 32 heavy (non-hydrogen) atoms. The first-order valence-corrected chi connectivity index (χ1v) is 11.8. The molecule has 0 spiro atoms. The largest absolute Gasteiger partial charge is 0.496 e. The highest BCUT2D eigenvalue weighted by Crippen LogP contribution is 2.30. The molecule has 168 valence electrons. The summed E-state index contributed by atoms with van der Waals surface area (Å²) < 4.78 is 33.4. The van der Waals surface area contributed by atoms with Crippen molar-refractivity contribution in [2.45, 2.75) is 18.4 Å². The van der Waals surface area contributed by atoms with E-state index in [1.54, 1.807) is 50.6 Å². The highest BCUT2D eigenvalue weighted by molar-refractivity contribution is 7.92. The molecular weight excluding hydrogens is 448 g/mol. The van der Waals surface area contributed by atoms with Crippen molar-refractivity contribution >= 4 is 33.2 Å². The molecule has 0 bridgehead atoms. The van der Waals surface area contributed by atoms with E-state index in [4.69, 9.17) is 16.3 Å². The third kappa shape index (κ3) is 5.23. The lowest BCUT2D eigenvalue weighted by molar-refractivity contribution is -0.128. The van der Waals surface area contributed by atoms with Crippen molar-refractivity contribution in [1.82, 2.24) is 4.90 Å². The number of hydrogen-bond acceptors (Lipinski definition) is 4. The van der Waals surface area contributed by atoms with Crippen LogP contribution in [0.2, 0.25) is 5.02 Å². The summed E-state index contributed by atoms with van der Waals surface area (Å²) in [6.07, 6.45) is 0. The molecule has 0 heterocycles. The highest BCUT2D eigenvalue weighted by Gasteiger charge is 2.29. The van der Waals surface area contributed by atoms with Crippen molar-refractivity contribution in [3.8, 4) is 5.75 Å². The predicted octanol–water partition coefficient (Wildman–Crippen LogP) is 4.51. The van der Waals surface area contributed by atoms with Crippen molar-refractivity contribution in [2.24, 2.45) is 0 Å². The molecule has 8 heteroatoms. The third-order valence-electron chi connectivity index (χ3n) is 5.03. The number of sulfonamides is 1. The van der Waals surface area contributed by atoms with Gasteiger partial charge in [0.15, 0.2) is 0 Å².